The zero-order valence-electron chi connectivity index (χ0n) is 7.56. The van der Waals surface area contributed by atoms with E-state index in [0.29, 0.717) is 10.6 Å². The summed E-state index contributed by atoms with van der Waals surface area (Å²) in [5.41, 5.74) is 1.75. The second-order valence-electron chi connectivity index (χ2n) is 2.86. The highest BCUT2D eigenvalue weighted by molar-refractivity contribution is 7.71. The van der Waals surface area contributed by atoms with Gasteiger partial charge in [0.25, 0.3) is 0 Å². The smallest absolute Gasteiger partial charge is 0.214 e. The van der Waals surface area contributed by atoms with Crippen LogP contribution in [0.25, 0.3) is 11.4 Å². The fraction of sp³-hybridized carbons (Fsp3) is 0.125. The Hall–Kier alpha value is -1.69. The van der Waals surface area contributed by atoms with Gasteiger partial charge in [0.1, 0.15) is 0 Å². The zero-order valence-corrected chi connectivity index (χ0v) is 8.38. The molecule has 72 valence electrons. The molecule has 0 radical (unpaired) electrons. The van der Waals surface area contributed by atoms with Gasteiger partial charge in [-0.2, -0.15) is 5.10 Å². The summed E-state index contributed by atoms with van der Waals surface area (Å²) in [6, 6.07) is 3.73. The van der Waals surface area contributed by atoms with Gasteiger partial charge in [0.15, 0.2) is 5.82 Å². The second kappa shape index (κ2) is 3.22. The van der Waals surface area contributed by atoms with Crippen molar-refractivity contribution in [1.82, 2.24) is 19.9 Å². The van der Waals surface area contributed by atoms with Crippen LogP contribution in [0.15, 0.2) is 18.3 Å². The van der Waals surface area contributed by atoms with Gasteiger partial charge in [-0.1, -0.05) is 0 Å². The van der Waals surface area contributed by atoms with Crippen LogP contribution in [-0.2, 0) is 0 Å². The Labute approximate surface area is 85.6 Å². The highest BCUT2D eigenvalue weighted by atomic mass is 32.1. The lowest BCUT2D eigenvalue weighted by molar-refractivity contribution is 0.980. The van der Waals surface area contributed by atoms with Crippen LogP contribution in [0.5, 0.6) is 0 Å². The molecule has 2 aromatic heterocycles. The van der Waals surface area contributed by atoms with Crippen molar-refractivity contribution >= 4 is 12.2 Å². The maximum atomic E-state index is 5.69. The van der Waals surface area contributed by atoms with E-state index in [4.69, 9.17) is 18.1 Å². The topological polar surface area (TPSA) is 72.5 Å². The van der Waals surface area contributed by atoms with Crippen LogP contribution >= 0.6 is 12.2 Å². The van der Waals surface area contributed by atoms with Gasteiger partial charge in [-0.05, 0) is 31.3 Å². The predicted octanol–water partition coefficient (Wildman–Crippen LogP) is 1.02. The number of aromatic nitrogens is 4. The summed E-state index contributed by atoms with van der Waals surface area (Å²) in [6.07, 6.45) is 1.72. The zero-order chi connectivity index (χ0) is 10.1. The lowest BCUT2D eigenvalue weighted by Crippen LogP contribution is -2.10. The summed E-state index contributed by atoms with van der Waals surface area (Å²) in [6.45, 7) is 1.90. The minimum Gasteiger partial charge on any atom is -0.335 e. The molecule has 14 heavy (non-hydrogen) atoms. The van der Waals surface area contributed by atoms with Crippen molar-refractivity contribution in [2.75, 3.05) is 5.84 Å². The van der Waals surface area contributed by atoms with Crippen LogP contribution < -0.4 is 5.84 Å². The molecule has 0 aliphatic heterocycles. The predicted molar refractivity (Wildman–Crippen MR) is 55.5 cm³/mol. The van der Waals surface area contributed by atoms with Gasteiger partial charge in [-0.15, -0.1) is 0 Å². The third-order valence-corrected chi connectivity index (χ3v) is 2.24. The average Bonchev–Trinajstić information content (AvgIpc) is 2.49. The number of rotatable bonds is 1. The third kappa shape index (κ3) is 1.29. The standard InChI is InChI=1S/C8H9N5S/c1-5-6(3-2-4-10-5)7-11-12-8(14)13(7)9/h2-4H,9H2,1H3,(H,12,14). The highest BCUT2D eigenvalue weighted by Gasteiger charge is 2.08. The van der Waals surface area contributed by atoms with E-state index in [-0.39, 0.29) is 0 Å². The first-order chi connectivity index (χ1) is 6.70. The number of nitrogen functional groups attached to an aromatic ring is 1. The van der Waals surface area contributed by atoms with Crippen molar-refractivity contribution in [3.8, 4) is 11.4 Å². The number of aromatic amines is 1. The molecule has 0 bridgehead atoms. The summed E-state index contributed by atoms with van der Waals surface area (Å²) >= 11 is 4.92. The van der Waals surface area contributed by atoms with Crippen molar-refractivity contribution in [1.29, 1.82) is 0 Å². The molecular weight excluding hydrogens is 198 g/mol. The average molecular weight is 207 g/mol. The highest BCUT2D eigenvalue weighted by Crippen LogP contribution is 2.17. The van der Waals surface area contributed by atoms with Crippen molar-refractivity contribution in [3.63, 3.8) is 0 Å². The first kappa shape index (κ1) is 8.89. The Morgan fingerprint density at radius 1 is 1.57 bits per heavy atom. The molecule has 3 N–H and O–H groups in total. The molecule has 0 aliphatic rings. The number of hydrogen-bond acceptors (Lipinski definition) is 4. The normalized spacial score (nSPS) is 10.4. The summed E-state index contributed by atoms with van der Waals surface area (Å²) in [4.78, 5) is 4.15. The van der Waals surface area contributed by atoms with E-state index in [2.05, 4.69) is 15.2 Å². The van der Waals surface area contributed by atoms with E-state index in [1.165, 1.54) is 4.68 Å². The van der Waals surface area contributed by atoms with Gasteiger partial charge in [0.05, 0.1) is 0 Å². The van der Waals surface area contributed by atoms with E-state index in [1.54, 1.807) is 6.20 Å². The van der Waals surface area contributed by atoms with Crippen molar-refractivity contribution in [3.05, 3.63) is 28.8 Å². The molecule has 2 aromatic rings. The molecule has 2 rings (SSSR count). The molecule has 0 saturated heterocycles. The molecule has 6 heteroatoms. The molecule has 2 heterocycles. The van der Waals surface area contributed by atoms with Crippen molar-refractivity contribution in [2.45, 2.75) is 6.92 Å². The first-order valence-electron chi connectivity index (χ1n) is 4.04. The molecular formula is C8H9N5S. The van der Waals surface area contributed by atoms with Crippen LogP contribution in [0, 0.1) is 11.7 Å². The summed E-state index contributed by atoms with van der Waals surface area (Å²) < 4.78 is 1.72. The molecule has 0 atom stereocenters. The van der Waals surface area contributed by atoms with Crippen LogP contribution in [0.3, 0.4) is 0 Å². The Kier molecular flexibility index (Phi) is 2.05. The Morgan fingerprint density at radius 2 is 2.36 bits per heavy atom. The van der Waals surface area contributed by atoms with Crippen LogP contribution in [0.1, 0.15) is 5.69 Å². The van der Waals surface area contributed by atoms with Crippen molar-refractivity contribution < 1.29 is 0 Å². The summed E-state index contributed by atoms with van der Waals surface area (Å²) in [5, 5.41) is 6.65. The van der Waals surface area contributed by atoms with Gasteiger partial charge in [0.2, 0.25) is 4.77 Å². The van der Waals surface area contributed by atoms with Gasteiger partial charge < -0.3 is 5.84 Å². The quantitative estimate of drug-likeness (QED) is 0.541. The summed E-state index contributed by atoms with van der Waals surface area (Å²) in [7, 11) is 0. The van der Waals surface area contributed by atoms with E-state index in [1.807, 2.05) is 19.1 Å². The van der Waals surface area contributed by atoms with E-state index < -0.39 is 0 Å². The van der Waals surface area contributed by atoms with Gasteiger partial charge >= 0.3 is 0 Å². The molecule has 0 unspecified atom stereocenters. The Balaban J connectivity index is 2.66. The maximum absolute atomic E-state index is 5.69. The fourth-order valence-corrected chi connectivity index (χ4v) is 1.35. The second-order valence-corrected chi connectivity index (χ2v) is 3.25. The fourth-order valence-electron chi connectivity index (χ4n) is 1.22. The molecule has 0 saturated carbocycles. The number of H-pyrrole nitrogens is 1. The molecule has 5 nitrogen and oxygen atoms in total. The number of aryl methyl sites for hydroxylation is 1. The van der Waals surface area contributed by atoms with Crippen molar-refractivity contribution in [2.24, 2.45) is 0 Å². The van der Waals surface area contributed by atoms with E-state index in [0.717, 1.165) is 11.3 Å². The Bertz CT molecular complexity index is 512. The van der Waals surface area contributed by atoms with E-state index in [9.17, 15) is 0 Å². The number of nitrogens with two attached hydrogens (primary N) is 1. The monoisotopic (exact) mass is 207 g/mol. The number of nitrogens with zero attached hydrogens (tertiary/aromatic N) is 3. The maximum Gasteiger partial charge on any atom is 0.214 e. The largest absolute Gasteiger partial charge is 0.335 e. The van der Waals surface area contributed by atoms with Gasteiger partial charge in [-0.3, -0.25) is 4.98 Å². The SMILES string of the molecule is Cc1ncccc1-c1n[nH]c(=S)n1N. The number of pyridine rings is 1. The third-order valence-electron chi connectivity index (χ3n) is 1.95. The van der Waals surface area contributed by atoms with Crippen LogP contribution in [-0.4, -0.2) is 19.9 Å². The van der Waals surface area contributed by atoms with E-state index >= 15 is 0 Å². The minimum absolute atomic E-state index is 0.392. The van der Waals surface area contributed by atoms with Crippen LogP contribution in [0.4, 0.5) is 0 Å². The molecule has 0 aliphatic carbocycles. The lowest BCUT2D eigenvalue weighted by Gasteiger charge is -2.02. The Morgan fingerprint density at radius 3 is 2.93 bits per heavy atom. The first-order valence-corrected chi connectivity index (χ1v) is 4.45. The number of nitrogens with one attached hydrogen (secondary N) is 1. The number of hydrogen-bond donors (Lipinski definition) is 2. The molecule has 0 fully saturated rings. The van der Waals surface area contributed by atoms with Gasteiger partial charge in [0, 0.05) is 17.5 Å². The minimum atomic E-state index is 0.392. The molecule has 0 amide bonds. The molecule has 0 spiro atoms. The summed E-state index contributed by atoms with van der Waals surface area (Å²) in [5.74, 6) is 6.29. The van der Waals surface area contributed by atoms with Crippen LogP contribution in [0.2, 0.25) is 0 Å². The molecule has 0 aromatic carbocycles. The van der Waals surface area contributed by atoms with Gasteiger partial charge in [-0.25, -0.2) is 9.77 Å². The lowest BCUT2D eigenvalue weighted by atomic mass is 10.2.